The van der Waals surface area contributed by atoms with E-state index in [-0.39, 0.29) is 10.8 Å². The maximum absolute atomic E-state index is 12.6. The maximum atomic E-state index is 12.6. The second-order valence-electron chi connectivity index (χ2n) is 5.56. The van der Waals surface area contributed by atoms with Gasteiger partial charge in [-0.15, -0.1) is 11.3 Å². The largest absolute Gasteiger partial charge is 0.434 e. The summed E-state index contributed by atoms with van der Waals surface area (Å²) in [5.74, 6) is -0.667. The van der Waals surface area contributed by atoms with Crippen molar-refractivity contribution in [1.29, 1.82) is 5.26 Å². The zero-order valence-electron chi connectivity index (χ0n) is 13.8. The summed E-state index contributed by atoms with van der Waals surface area (Å²) in [5, 5.41) is 12.0. The van der Waals surface area contributed by atoms with Gasteiger partial charge in [-0.05, 0) is 42.3 Å². The monoisotopic (exact) mass is 388 g/mol. The number of hydrogen-bond acceptors (Lipinski definition) is 5. The number of thiazole rings is 1. The van der Waals surface area contributed by atoms with Crippen LogP contribution in [0, 0.1) is 18.3 Å². The highest BCUT2D eigenvalue weighted by molar-refractivity contribution is 7.14. The number of nitriles is 1. The molecule has 0 saturated carbocycles. The van der Waals surface area contributed by atoms with Crippen LogP contribution in [0.3, 0.4) is 0 Å². The number of anilines is 1. The van der Waals surface area contributed by atoms with Crippen LogP contribution in [0.15, 0.2) is 41.8 Å². The van der Waals surface area contributed by atoms with Crippen molar-refractivity contribution in [3.8, 4) is 17.2 Å². The molecule has 1 N–H and O–H groups in total. The molecule has 3 aromatic rings. The molecule has 2 aromatic heterocycles. The molecule has 5 nitrogen and oxygen atoms in total. The molecule has 0 spiro atoms. The van der Waals surface area contributed by atoms with Gasteiger partial charge in [0.1, 0.15) is 5.69 Å². The number of pyridine rings is 1. The molecule has 136 valence electrons. The van der Waals surface area contributed by atoms with Gasteiger partial charge in [-0.1, -0.05) is 12.1 Å². The highest BCUT2D eigenvalue weighted by Gasteiger charge is 2.34. The summed E-state index contributed by atoms with van der Waals surface area (Å²) in [6, 6.07) is 12.1. The number of aromatic nitrogens is 2. The second-order valence-corrected chi connectivity index (χ2v) is 6.42. The van der Waals surface area contributed by atoms with Crippen LogP contribution in [0.2, 0.25) is 0 Å². The van der Waals surface area contributed by atoms with E-state index in [4.69, 9.17) is 5.26 Å². The predicted octanol–water partition coefficient (Wildman–Crippen LogP) is 4.66. The zero-order chi connectivity index (χ0) is 19.6. The highest BCUT2D eigenvalue weighted by atomic mass is 32.1. The van der Waals surface area contributed by atoms with Crippen molar-refractivity contribution in [1.82, 2.24) is 9.97 Å². The average Bonchev–Trinajstić information content (AvgIpc) is 3.10. The Hall–Kier alpha value is -3.25. The molecule has 3 rings (SSSR count). The number of aryl methyl sites for hydroxylation is 1. The van der Waals surface area contributed by atoms with E-state index >= 15 is 0 Å². The lowest BCUT2D eigenvalue weighted by molar-refractivity contribution is -0.140. The molecule has 1 aromatic carbocycles. The van der Waals surface area contributed by atoms with Crippen LogP contribution < -0.4 is 5.32 Å². The van der Waals surface area contributed by atoms with E-state index < -0.39 is 17.8 Å². The van der Waals surface area contributed by atoms with E-state index in [9.17, 15) is 18.0 Å². The number of nitrogens with one attached hydrogen (secondary N) is 1. The van der Waals surface area contributed by atoms with Crippen molar-refractivity contribution in [2.24, 2.45) is 0 Å². The smallest absolute Gasteiger partial charge is 0.296 e. The minimum atomic E-state index is -4.57. The van der Waals surface area contributed by atoms with E-state index in [1.165, 1.54) is 6.07 Å². The van der Waals surface area contributed by atoms with Crippen LogP contribution in [0.1, 0.15) is 27.4 Å². The molecular weight excluding hydrogens is 377 g/mol. The first kappa shape index (κ1) is 18.5. The average molecular weight is 388 g/mol. The number of hydrogen-bond donors (Lipinski definition) is 1. The topological polar surface area (TPSA) is 78.7 Å². The van der Waals surface area contributed by atoms with Gasteiger partial charge in [0.25, 0.3) is 5.91 Å². The molecule has 27 heavy (non-hydrogen) atoms. The van der Waals surface area contributed by atoms with Gasteiger partial charge in [0.15, 0.2) is 10.8 Å². The summed E-state index contributed by atoms with van der Waals surface area (Å²) >= 11 is 0.682. The molecule has 0 unspecified atom stereocenters. The van der Waals surface area contributed by atoms with Gasteiger partial charge in [0.2, 0.25) is 0 Å². The number of benzene rings is 1. The molecule has 2 heterocycles. The van der Waals surface area contributed by atoms with E-state index in [1.807, 2.05) is 6.07 Å². The van der Waals surface area contributed by atoms with Crippen molar-refractivity contribution in [2.75, 3.05) is 5.32 Å². The van der Waals surface area contributed by atoms with Crippen molar-refractivity contribution in [3.63, 3.8) is 0 Å². The number of halogens is 3. The Balaban J connectivity index is 1.88. The zero-order valence-corrected chi connectivity index (χ0v) is 14.6. The van der Waals surface area contributed by atoms with Crippen molar-refractivity contribution < 1.29 is 18.0 Å². The van der Waals surface area contributed by atoms with E-state index in [2.05, 4.69) is 15.3 Å². The predicted molar refractivity (Wildman–Crippen MR) is 94.2 cm³/mol. The van der Waals surface area contributed by atoms with Crippen LogP contribution in [-0.2, 0) is 6.18 Å². The molecule has 0 atom stereocenters. The third-order valence-corrected chi connectivity index (χ3v) is 4.28. The van der Waals surface area contributed by atoms with Gasteiger partial charge >= 0.3 is 6.18 Å². The van der Waals surface area contributed by atoms with Gasteiger partial charge < -0.3 is 0 Å². The van der Waals surface area contributed by atoms with E-state index in [0.29, 0.717) is 28.2 Å². The molecule has 0 fully saturated rings. The fourth-order valence-corrected chi connectivity index (χ4v) is 3.05. The number of carbonyl (C=O) groups is 1. The Bertz CT molecular complexity index is 1050. The number of carbonyl (C=O) groups excluding carboxylic acids is 1. The minimum Gasteiger partial charge on any atom is -0.296 e. The third kappa shape index (κ3) is 4.30. The second kappa shape index (κ2) is 7.17. The lowest BCUT2D eigenvalue weighted by atomic mass is 10.0. The fourth-order valence-electron chi connectivity index (χ4n) is 2.34. The molecule has 0 aliphatic carbocycles. The summed E-state index contributed by atoms with van der Waals surface area (Å²) in [7, 11) is 0. The van der Waals surface area contributed by atoms with Gasteiger partial charge in [0, 0.05) is 11.1 Å². The summed E-state index contributed by atoms with van der Waals surface area (Å²) < 4.78 is 37.8. The Morgan fingerprint density at radius 2 is 1.96 bits per heavy atom. The first-order chi connectivity index (χ1) is 12.8. The number of rotatable bonds is 3. The standard InChI is InChI=1S/C18H11F3N4OS/c1-10-5-13(12-4-2-3-11(6-12)8-22)7-14(23-10)16(26)25-17-24-15(9-27-17)18(19,20)21/h2-7,9H,1H3,(H,24,25,26). The molecule has 0 radical (unpaired) electrons. The maximum Gasteiger partial charge on any atom is 0.434 e. The summed E-state index contributed by atoms with van der Waals surface area (Å²) in [4.78, 5) is 19.9. The Morgan fingerprint density at radius 1 is 1.19 bits per heavy atom. The van der Waals surface area contributed by atoms with E-state index in [0.717, 1.165) is 10.9 Å². The summed E-state index contributed by atoms with van der Waals surface area (Å²) in [5.41, 5.74) is 1.39. The Morgan fingerprint density at radius 3 is 2.63 bits per heavy atom. The fraction of sp³-hybridized carbons (Fsp3) is 0.111. The Kier molecular flexibility index (Phi) is 4.92. The van der Waals surface area contributed by atoms with Crippen molar-refractivity contribution >= 4 is 22.4 Å². The van der Waals surface area contributed by atoms with Crippen LogP contribution in [-0.4, -0.2) is 15.9 Å². The normalized spacial score (nSPS) is 11.1. The third-order valence-electron chi connectivity index (χ3n) is 3.53. The van der Waals surface area contributed by atoms with Gasteiger partial charge in [0.05, 0.1) is 11.6 Å². The van der Waals surface area contributed by atoms with Crippen molar-refractivity contribution in [2.45, 2.75) is 13.1 Å². The van der Waals surface area contributed by atoms with Crippen LogP contribution in [0.4, 0.5) is 18.3 Å². The lowest BCUT2D eigenvalue weighted by Crippen LogP contribution is -2.15. The first-order valence-corrected chi connectivity index (χ1v) is 8.47. The molecule has 0 aliphatic heterocycles. The summed E-state index contributed by atoms with van der Waals surface area (Å²) in [6.07, 6.45) is -4.57. The Labute approximate surface area is 156 Å². The van der Waals surface area contributed by atoms with Crippen LogP contribution >= 0.6 is 11.3 Å². The minimum absolute atomic E-state index is 0.0381. The molecule has 0 bridgehead atoms. The quantitative estimate of drug-likeness (QED) is 0.708. The molecular formula is C18H11F3N4OS. The van der Waals surface area contributed by atoms with E-state index in [1.54, 1.807) is 37.3 Å². The number of alkyl halides is 3. The number of nitrogens with zero attached hydrogens (tertiary/aromatic N) is 3. The molecule has 9 heteroatoms. The molecule has 0 aliphatic rings. The first-order valence-electron chi connectivity index (χ1n) is 7.59. The van der Waals surface area contributed by atoms with Crippen LogP contribution in [0.5, 0.6) is 0 Å². The van der Waals surface area contributed by atoms with Crippen molar-refractivity contribution in [3.05, 3.63) is 64.4 Å². The summed E-state index contributed by atoms with van der Waals surface area (Å²) in [6.45, 7) is 1.69. The lowest BCUT2D eigenvalue weighted by Gasteiger charge is -2.07. The van der Waals surface area contributed by atoms with Crippen LogP contribution in [0.25, 0.3) is 11.1 Å². The van der Waals surface area contributed by atoms with Gasteiger partial charge in [-0.3, -0.25) is 10.1 Å². The van der Waals surface area contributed by atoms with Gasteiger partial charge in [-0.2, -0.15) is 18.4 Å². The molecule has 0 saturated heterocycles. The number of amides is 1. The van der Waals surface area contributed by atoms with Gasteiger partial charge in [-0.25, -0.2) is 9.97 Å². The SMILES string of the molecule is Cc1cc(-c2cccc(C#N)c2)cc(C(=O)Nc2nc(C(F)(F)F)cs2)n1. The highest BCUT2D eigenvalue weighted by Crippen LogP contribution is 2.31. The molecule has 1 amide bonds.